The lowest BCUT2D eigenvalue weighted by Gasteiger charge is -2.44. The van der Waals surface area contributed by atoms with Gasteiger partial charge in [-0.3, -0.25) is 14.4 Å². The van der Waals surface area contributed by atoms with Crippen LogP contribution in [0, 0.1) is 17.8 Å². The van der Waals surface area contributed by atoms with Crippen LogP contribution < -0.4 is 5.73 Å². The van der Waals surface area contributed by atoms with E-state index < -0.39 is 0 Å². The zero-order chi connectivity index (χ0) is 18.8. The smallest absolute Gasteiger partial charge is 0.225 e. The predicted molar refractivity (Wildman–Crippen MR) is 113 cm³/mol. The number of hydrogen-bond donors (Lipinski definition) is 1. The highest BCUT2D eigenvalue weighted by molar-refractivity contribution is 5.85. The van der Waals surface area contributed by atoms with E-state index in [1.165, 1.54) is 24.8 Å². The molecule has 7 heteroatoms. The van der Waals surface area contributed by atoms with E-state index >= 15 is 0 Å². The minimum atomic E-state index is 0. The second kappa shape index (κ2) is 9.59. The van der Waals surface area contributed by atoms with Crippen LogP contribution in [0.3, 0.4) is 0 Å². The lowest BCUT2D eigenvalue weighted by atomic mass is 9.65. The molecule has 2 atom stereocenters. The SMILES string of the molecule is CCn1cc(CN2CCCN(C(=O)C3CC4CCCC(C3)C4N)CC2)cn1.Cl. The molecule has 2 unspecified atom stereocenters. The van der Waals surface area contributed by atoms with Gasteiger partial charge in [0.1, 0.15) is 0 Å². The average molecular weight is 410 g/mol. The Hall–Kier alpha value is -1.11. The normalized spacial score (nSPS) is 31.1. The summed E-state index contributed by atoms with van der Waals surface area (Å²) >= 11 is 0. The van der Waals surface area contributed by atoms with Crippen LogP contribution in [0.5, 0.6) is 0 Å². The third-order valence-corrected chi connectivity index (χ3v) is 7.08. The van der Waals surface area contributed by atoms with Gasteiger partial charge in [0.05, 0.1) is 6.20 Å². The summed E-state index contributed by atoms with van der Waals surface area (Å²) in [4.78, 5) is 17.8. The molecule has 2 bridgehead atoms. The fourth-order valence-electron chi connectivity index (χ4n) is 5.52. The molecule has 2 N–H and O–H groups in total. The zero-order valence-electron chi connectivity index (χ0n) is 17.1. The molecule has 2 aliphatic carbocycles. The quantitative estimate of drug-likeness (QED) is 0.829. The first-order valence-electron chi connectivity index (χ1n) is 10.9. The van der Waals surface area contributed by atoms with Crippen molar-refractivity contribution < 1.29 is 4.79 Å². The second-order valence-electron chi connectivity index (χ2n) is 8.86. The minimum Gasteiger partial charge on any atom is -0.341 e. The Kier molecular flexibility index (Phi) is 7.40. The molecule has 4 rings (SSSR count). The minimum absolute atomic E-state index is 0. The van der Waals surface area contributed by atoms with E-state index in [-0.39, 0.29) is 18.3 Å². The summed E-state index contributed by atoms with van der Waals surface area (Å²) in [5.74, 6) is 1.77. The summed E-state index contributed by atoms with van der Waals surface area (Å²) < 4.78 is 1.98. The maximum atomic E-state index is 13.2. The lowest BCUT2D eigenvalue weighted by Crippen LogP contribution is -2.50. The van der Waals surface area contributed by atoms with Gasteiger partial charge < -0.3 is 10.6 Å². The molecule has 6 nitrogen and oxygen atoms in total. The van der Waals surface area contributed by atoms with Gasteiger partial charge in [0.15, 0.2) is 0 Å². The topological polar surface area (TPSA) is 67.4 Å². The largest absolute Gasteiger partial charge is 0.341 e. The molecular formula is C21H36ClN5O. The monoisotopic (exact) mass is 409 g/mol. The number of carbonyl (C=O) groups is 1. The van der Waals surface area contributed by atoms with Crippen molar-refractivity contribution in [3.8, 4) is 0 Å². The maximum Gasteiger partial charge on any atom is 0.225 e. The highest BCUT2D eigenvalue weighted by Crippen LogP contribution is 2.42. The van der Waals surface area contributed by atoms with Crippen LogP contribution in [0.15, 0.2) is 12.4 Å². The molecule has 3 fully saturated rings. The molecule has 1 amide bonds. The average Bonchev–Trinajstić information content (AvgIpc) is 2.98. The molecule has 1 saturated heterocycles. The molecule has 1 aromatic heterocycles. The van der Waals surface area contributed by atoms with Crippen molar-refractivity contribution in [2.24, 2.45) is 23.5 Å². The van der Waals surface area contributed by atoms with E-state index in [4.69, 9.17) is 5.73 Å². The van der Waals surface area contributed by atoms with Gasteiger partial charge in [-0.25, -0.2) is 0 Å². The van der Waals surface area contributed by atoms with E-state index in [2.05, 4.69) is 28.0 Å². The molecule has 28 heavy (non-hydrogen) atoms. The zero-order valence-corrected chi connectivity index (χ0v) is 17.9. The van der Waals surface area contributed by atoms with Crippen molar-refractivity contribution >= 4 is 18.3 Å². The molecule has 158 valence electrons. The maximum absolute atomic E-state index is 13.2. The fraction of sp³-hybridized carbons (Fsp3) is 0.810. The second-order valence-corrected chi connectivity index (χ2v) is 8.86. The molecule has 1 aliphatic heterocycles. The third kappa shape index (κ3) is 4.71. The Morgan fingerprint density at radius 1 is 1.14 bits per heavy atom. The van der Waals surface area contributed by atoms with Gasteiger partial charge in [-0.15, -0.1) is 12.4 Å². The number of carbonyl (C=O) groups excluding carboxylic acids is 1. The fourth-order valence-corrected chi connectivity index (χ4v) is 5.52. The van der Waals surface area contributed by atoms with Crippen LogP contribution in [-0.4, -0.2) is 57.7 Å². The highest BCUT2D eigenvalue weighted by Gasteiger charge is 2.41. The number of amides is 1. The Bertz CT molecular complexity index is 636. The molecule has 2 heterocycles. The number of fused-ring (bicyclic) bond motifs is 2. The Morgan fingerprint density at radius 2 is 1.89 bits per heavy atom. The number of halogens is 1. The first-order chi connectivity index (χ1) is 13.1. The summed E-state index contributed by atoms with van der Waals surface area (Å²) in [5, 5.41) is 4.38. The van der Waals surface area contributed by atoms with Gasteiger partial charge >= 0.3 is 0 Å². The Labute approximate surface area is 175 Å². The predicted octanol–water partition coefficient (Wildman–Crippen LogP) is 2.51. The molecule has 1 aromatic rings. The van der Waals surface area contributed by atoms with Crippen LogP contribution in [0.1, 0.15) is 51.0 Å². The standard InChI is InChI=1S/C21H35N5O.ClH/c1-2-26-15-16(13-23-26)14-24-7-4-8-25(10-9-24)21(27)19-11-17-5-3-6-18(12-19)20(17)22;/h13,15,17-20H,2-12,14,22H2,1H3;1H. The van der Waals surface area contributed by atoms with Gasteiger partial charge in [-0.1, -0.05) is 6.42 Å². The summed E-state index contributed by atoms with van der Waals surface area (Å²) in [6.45, 7) is 7.74. The third-order valence-electron chi connectivity index (χ3n) is 7.08. The molecule has 0 radical (unpaired) electrons. The van der Waals surface area contributed by atoms with E-state index in [1.54, 1.807) is 0 Å². The summed E-state index contributed by atoms with van der Waals surface area (Å²) in [7, 11) is 0. The van der Waals surface area contributed by atoms with Crippen molar-refractivity contribution in [1.82, 2.24) is 19.6 Å². The summed E-state index contributed by atoms with van der Waals surface area (Å²) in [5.41, 5.74) is 7.68. The van der Waals surface area contributed by atoms with Gasteiger partial charge in [0.2, 0.25) is 5.91 Å². The summed E-state index contributed by atoms with van der Waals surface area (Å²) in [6, 6.07) is 0.339. The van der Waals surface area contributed by atoms with Crippen molar-refractivity contribution in [3.05, 3.63) is 18.0 Å². The van der Waals surface area contributed by atoms with Crippen molar-refractivity contribution in [2.45, 2.75) is 64.6 Å². The van der Waals surface area contributed by atoms with E-state index in [9.17, 15) is 4.79 Å². The number of hydrogen-bond acceptors (Lipinski definition) is 4. The molecule has 0 aromatic carbocycles. The Morgan fingerprint density at radius 3 is 2.57 bits per heavy atom. The first-order valence-corrected chi connectivity index (χ1v) is 10.9. The van der Waals surface area contributed by atoms with Gasteiger partial charge in [-0.05, 0) is 50.9 Å². The van der Waals surface area contributed by atoms with Crippen LogP contribution in [0.2, 0.25) is 0 Å². The van der Waals surface area contributed by atoms with Gasteiger partial charge in [-0.2, -0.15) is 5.10 Å². The van der Waals surface area contributed by atoms with E-state index in [0.717, 1.165) is 58.5 Å². The lowest BCUT2D eigenvalue weighted by molar-refractivity contribution is -0.138. The number of nitrogens with two attached hydrogens (primary N) is 1. The number of rotatable bonds is 4. The Balaban J connectivity index is 0.00000225. The highest BCUT2D eigenvalue weighted by atomic mass is 35.5. The van der Waals surface area contributed by atoms with Crippen molar-refractivity contribution in [1.29, 1.82) is 0 Å². The molecule has 0 spiro atoms. The summed E-state index contributed by atoms with van der Waals surface area (Å²) in [6.07, 6.45) is 11.0. The number of aryl methyl sites for hydroxylation is 1. The molecule has 2 saturated carbocycles. The van der Waals surface area contributed by atoms with E-state index in [0.29, 0.717) is 23.8 Å². The van der Waals surface area contributed by atoms with Gasteiger partial charge in [0.25, 0.3) is 0 Å². The number of aromatic nitrogens is 2. The van der Waals surface area contributed by atoms with Crippen molar-refractivity contribution in [2.75, 3.05) is 26.2 Å². The van der Waals surface area contributed by atoms with Crippen LogP contribution in [0.4, 0.5) is 0 Å². The molecule has 3 aliphatic rings. The van der Waals surface area contributed by atoms with Crippen LogP contribution in [-0.2, 0) is 17.9 Å². The van der Waals surface area contributed by atoms with Gasteiger partial charge in [0, 0.05) is 63.0 Å². The molecular weight excluding hydrogens is 374 g/mol. The van der Waals surface area contributed by atoms with Crippen LogP contribution in [0.25, 0.3) is 0 Å². The van der Waals surface area contributed by atoms with Crippen LogP contribution >= 0.6 is 12.4 Å². The van der Waals surface area contributed by atoms with E-state index in [1.807, 2.05) is 10.9 Å². The van der Waals surface area contributed by atoms with Crippen molar-refractivity contribution in [3.63, 3.8) is 0 Å². The number of nitrogens with zero attached hydrogens (tertiary/aromatic N) is 4. The first kappa shape index (κ1) is 21.6.